The van der Waals surface area contributed by atoms with E-state index in [0.717, 1.165) is 25.9 Å². The Morgan fingerprint density at radius 2 is 2.35 bits per heavy atom. The Morgan fingerprint density at radius 3 is 2.88 bits per heavy atom. The van der Waals surface area contributed by atoms with Crippen molar-refractivity contribution in [3.63, 3.8) is 0 Å². The Hall–Kier alpha value is -0.610. The molecule has 0 aromatic heterocycles. The smallest absolute Gasteiger partial charge is 0.223 e. The first kappa shape index (κ1) is 14.5. The van der Waals surface area contributed by atoms with Gasteiger partial charge < -0.3 is 15.0 Å². The van der Waals surface area contributed by atoms with Crippen LogP contribution in [0.1, 0.15) is 33.1 Å². The number of rotatable bonds is 7. The van der Waals surface area contributed by atoms with Crippen molar-refractivity contribution in [2.45, 2.75) is 39.2 Å². The van der Waals surface area contributed by atoms with Gasteiger partial charge in [-0.05, 0) is 38.8 Å². The van der Waals surface area contributed by atoms with Crippen LogP contribution in [0.25, 0.3) is 0 Å². The third kappa shape index (κ3) is 4.64. The second-order valence-electron chi connectivity index (χ2n) is 4.90. The van der Waals surface area contributed by atoms with Crippen LogP contribution in [0.2, 0.25) is 0 Å². The van der Waals surface area contributed by atoms with Crippen LogP contribution in [-0.4, -0.2) is 50.2 Å². The Morgan fingerprint density at radius 1 is 1.59 bits per heavy atom. The molecule has 0 aliphatic carbocycles. The number of carbonyl (C=O) groups is 1. The summed E-state index contributed by atoms with van der Waals surface area (Å²) in [5, 5.41) is 3.31. The van der Waals surface area contributed by atoms with E-state index >= 15 is 0 Å². The van der Waals surface area contributed by atoms with E-state index in [1.807, 2.05) is 4.90 Å². The van der Waals surface area contributed by atoms with Gasteiger partial charge in [-0.1, -0.05) is 6.92 Å². The zero-order valence-corrected chi connectivity index (χ0v) is 11.4. The van der Waals surface area contributed by atoms with Crippen molar-refractivity contribution in [1.82, 2.24) is 10.2 Å². The first-order valence-electron chi connectivity index (χ1n) is 6.68. The second kappa shape index (κ2) is 7.67. The van der Waals surface area contributed by atoms with E-state index in [-0.39, 0.29) is 5.91 Å². The van der Waals surface area contributed by atoms with E-state index in [2.05, 4.69) is 19.2 Å². The van der Waals surface area contributed by atoms with Gasteiger partial charge >= 0.3 is 0 Å². The minimum absolute atomic E-state index is 0.283. The highest BCUT2D eigenvalue weighted by molar-refractivity contribution is 5.76. The lowest BCUT2D eigenvalue weighted by molar-refractivity contribution is -0.134. The lowest BCUT2D eigenvalue weighted by atomic mass is 10.0. The fourth-order valence-electron chi connectivity index (χ4n) is 2.25. The first-order chi connectivity index (χ1) is 8.19. The normalized spacial score (nSPS) is 21.5. The maximum absolute atomic E-state index is 12.2. The molecule has 0 aromatic rings. The molecule has 0 radical (unpaired) electrons. The number of hydrogen-bond acceptors (Lipinski definition) is 3. The quantitative estimate of drug-likeness (QED) is 0.731. The SMILES string of the molecule is CCC(C)N(CCOC)C(=O)CC1CCNC1. The second-order valence-corrected chi connectivity index (χ2v) is 4.90. The van der Waals surface area contributed by atoms with Crippen molar-refractivity contribution in [2.24, 2.45) is 5.92 Å². The van der Waals surface area contributed by atoms with Crippen molar-refractivity contribution in [3.8, 4) is 0 Å². The van der Waals surface area contributed by atoms with Crippen molar-refractivity contribution < 1.29 is 9.53 Å². The van der Waals surface area contributed by atoms with Crippen LogP contribution in [0.4, 0.5) is 0 Å². The van der Waals surface area contributed by atoms with Crippen LogP contribution in [-0.2, 0) is 9.53 Å². The Labute approximate surface area is 105 Å². The summed E-state index contributed by atoms with van der Waals surface area (Å²) in [6.07, 6.45) is 2.81. The summed E-state index contributed by atoms with van der Waals surface area (Å²) < 4.78 is 5.08. The number of ether oxygens (including phenoxy) is 1. The molecular formula is C13H26N2O2. The molecule has 100 valence electrons. The molecule has 4 nitrogen and oxygen atoms in total. The van der Waals surface area contributed by atoms with Gasteiger partial charge in [0.2, 0.25) is 5.91 Å². The lowest BCUT2D eigenvalue weighted by Crippen LogP contribution is -2.41. The predicted octanol–water partition coefficient (Wildman–Crippen LogP) is 1.26. The molecule has 4 heteroatoms. The molecule has 2 atom stereocenters. The molecule has 1 rings (SSSR count). The Balaban J connectivity index is 2.45. The largest absolute Gasteiger partial charge is 0.383 e. The number of hydrogen-bond donors (Lipinski definition) is 1. The molecule has 1 N–H and O–H groups in total. The van der Waals surface area contributed by atoms with Crippen LogP contribution < -0.4 is 5.32 Å². The van der Waals surface area contributed by atoms with Crippen LogP contribution in [0.5, 0.6) is 0 Å². The number of nitrogens with one attached hydrogen (secondary N) is 1. The van der Waals surface area contributed by atoms with Crippen LogP contribution in [0.3, 0.4) is 0 Å². The molecule has 17 heavy (non-hydrogen) atoms. The number of methoxy groups -OCH3 is 1. The predicted molar refractivity (Wildman–Crippen MR) is 68.9 cm³/mol. The highest BCUT2D eigenvalue weighted by Crippen LogP contribution is 2.15. The van der Waals surface area contributed by atoms with Crippen molar-refractivity contribution in [2.75, 3.05) is 33.4 Å². The number of amides is 1. The lowest BCUT2D eigenvalue weighted by Gasteiger charge is -2.29. The van der Waals surface area contributed by atoms with E-state index in [4.69, 9.17) is 4.74 Å². The number of nitrogens with zero attached hydrogens (tertiary/aromatic N) is 1. The molecular weight excluding hydrogens is 216 g/mol. The molecule has 2 unspecified atom stereocenters. The van der Waals surface area contributed by atoms with Gasteiger partial charge in [-0.3, -0.25) is 4.79 Å². The third-order valence-corrected chi connectivity index (χ3v) is 3.61. The van der Waals surface area contributed by atoms with Crippen LogP contribution >= 0.6 is 0 Å². The Kier molecular flexibility index (Phi) is 6.52. The zero-order valence-electron chi connectivity index (χ0n) is 11.4. The number of carbonyl (C=O) groups excluding carboxylic acids is 1. The molecule has 1 amide bonds. The average molecular weight is 242 g/mol. The van der Waals surface area contributed by atoms with E-state index in [9.17, 15) is 4.79 Å². The molecule has 1 aliphatic heterocycles. The highest BCUT2D eigenvalue weighted by atomic mass is 16.5. The summed E-state index contributed by atoms with van der Waals surface area (Å²) in [4.78, 5) is 14.2. The van der Waals surface area contributed by atoms with Gasteiger partial charge in [0.25, 0.3) is 0 Å². The highest BCUT2D eigenvalue weighted by Gasteiger charge is 2.23. The van der Waals surface area contributed by atoms with E-state index < -0.39 is 0 Å². The van der Waals surface area contributed by atoms with Crippen molar-refractivity contribution in [3.05, 3.63) is 0 Å². The van der Waals surface area contributed by atoms with E-state index in [0.29, 0.717) is 31.5 Å². The van der Waals surface area contributed by atoms with Gasteiger partial charge in [0.05, 0.1) is 6.61 Å². The summed E-state index contributed by atoms with van der Waals surface area (Å²) in [7, 11) is 1.68. The monoisotopic (exact) mass is 242 g/mol. The van der Waals surface area contributed by atoms with Crippen molar-refractivity contribution >= 4 is 5.91 Å². The fourth-order valence-corrected chi connectivity index (χ4v) is 2.25. The first-order valence-corrected chi connectivity index (χ1v) is 6.68. The Bertz CT molecular complexity index is 227. The molecule has 1 fully saturated rings. The van der Waals surface area contributed by atoms with E-state index in [1.54, 1.807) is 7.11 Å². The van der Waals surface area contributed by atoms with E-state index in [1.165, 1.54) is 0 Å². The van der Waals surface area contributed by atoms with Gasteiger partial charge in [0.15, 0.2) is 0 Å². The standard InChI is InChI=1S/C13H26N2O2/c1-4-11(2)15(7-8-17-3)13(16)9-12-5-6-14-10-12/h11-12,14H,4-10H2,1-3H3. The third-order valence-electron chi connectivity index (χ3n) is 3.61. The average Bonchev–Trinajstić information content (AvgIpc) is 2.81. The van der Waals surface area contributed by atoms with Crippen LogP contribution in [0.15, 0.2) is 0 Å². The maximum atomic E-state index is 12.2. The van der Waals surface area contributed by atoms with Gasteiger partial charge in [-0.15, -0.1) is 0 Å². The van der Waals surface area contributed by atoms with Gasteiger partial charge in [0, 0.05) is 26.1 Å². The summed E-state index contributed by atoms with van der Waals surface area (Å²) in [5.41, 5.74) is 0. The maximum Gasteiger partial charge on any atom is 0.223 e. The fraction of sp³-hybridized carbons (Fsp3) is 0.923. The molecule has 0 bridgehead atoms. The summed E-state index contributed by atoms with van der Waals surface area (Å²) >= 11 is 0. The summed E-state index contributed by atoms with van der Waals surface area (Å²) in [6, 6.07) is 0.312. The topological polar surface area (TPSA) is 41.6 Å². The molecule has 0 saturated carbocycles. The van der Waals surface area contributed by atoms with Gasteiger partial charge in [0.1, 0.15) is 0 Å². The summed E-state index contributed by atoms with van der Waals surface area (Å²) in [6.45, 7) is 7.61. The molecule has 1 aliphatic rings. The zero-order chi connectivity index (χ0) is 12.7. The van der Waals surface area contributed by atoms with Gasteiger partial charge in [-0.25, -0.2) is 0 Å². The molecule has 0 spiro atoms. The summed E-state index contributed by atoms with van der Waals surface area (Å²) in [5.74, 6) is 0.807. The molecule has 1 heterocycles. The minimum Gasteiger partial charge on any atom is -0.383 e. The molecule has 0 aromatic carbocycles. The van der Waals surface area contributed by atoms with Crippen molar-refractivity contribution in [1.29, 1.82) is 0 Å². The minimum atomic E-state index is 0.283. The van der Waals surface area contributed by atoms with Gasteiger partial charge in [-0.2, -0.15) is 0 Å². The molecule has 1 saturated heterocycles. The van der Waals surface area contributed by atoms with Crippen LogP contribution in [0, 0.1) is 5.92 Å².